The number of halogens is 1. The van der Waals surface area contributed by atoms with E-state index in [9.17, 15) is 0 Å². The number of benzene rings is 2. The van der Waals surface area contributed by atoms with Gasteiger partial charge in [-0.2, -0.15) is 0 Å². The first-order valence-corrected chi connectivity index (χ1v) is 11.2. The normalized spacial score (nSPS) is 21.1. The van der Waals surface area contributed by atoms with E-state index >= 15 is 0 Å². The van der Waals surface area contributed by atoms with Crippen LogP contribution in [0.25, 0.3) is 16.8 Å². The zero-order valence-electron chi connectivity index (χ0n) is 18.2. The lowest BCUT2D eigenvalue weighted by Gasteiger charge is -2.30. The van der Waals surface area contributed by atoms with Gasteiger partial charge in [0.15, 0.2) is 0 Å². The minimum atomic E-state index is -0.0844. The fourth-order valence-electron chi connectivity index (χ4n) is 4.58. The van der Waals surface area contributed by atoms with Crippen LogP contribution in [0.1, 0.15) is 42.7 Å². The van der Waals surface area contributed by atoms with Gasteiger partial charge in [0.25, 0.3) is 0 Å². The number of hydrogen-bond donors (Lipinski definition) is 0. The molecule has 0 saturated carbocycles. The highest BCUT2D eigenvalue weighted by Crippen LogP contribution is 2.40. The lowest BCUT2D eigenvalue weighted by molar-refractivity contribution is 0.189. The number of aromatic nitrogens is 3. The van der Waals surface area contributed by atoms with E-state index < -0.39 is 0 Å². The van der Waals surface area contributed by atoms with Crippen molar-refractivity contribution in [2.75, 3.05) is 13.6 Å². The summed E-state index contributed by atoms with van der Waals surface area (Å²) in [6.45, 7) is 6.05. The monoisotopic (exact) mass is 434 g/mol. The van der Waals surface area contributed by atoms with Gasteiger partial charge in [0.1, 0.15) is 11.9 Å². The molecule has 0 fully saturated rings. The molecule has 0 saturated heterocycles. The molecule has 1 aromatic heterocycles. The highest BCUT2D eigenvalue weighted by molar-refractivity contribution is 6.30. The third-order valence-corrected chi connectivity index (χ3v) is 6.73. The standard InChI is InChI=1S/C25H27ClN4O/c1-16-13-19(9-11-29(16)3)18-7-8-22-23(14-18)24(31-21-6-4-5-20(26)15-21)10-12-30-25(22)17(2)27-28-30/h4-9,14-16,24H,10-13H2,1-3H3/t16-,24?/m0/s1. The third kappa shape index (κ3) is 3.88. The van der Waals surface area contributed by atoms with Crippen LogP contribution >= 0.6 is 11.6 Å². The van der Waals surface area contributed by atoms with Crippen LogP contribution in [0.3, 0.4) is 0 Å². The van der Waals surface area contributed by atoms with Gasteiger partial charge in [-0.15, -0.1) is 5.10 Å². The van der Waals surface area contributed by atoms with Crippen LogP contribution < -0.4 is 4.74 Å². The van der Waals surface area contributed by atoms with Gasteiger partial charge in [0.2, 0.25) is 0 Å². The van der Waals surface area contributed by atoms with Crippen molar-refractivity contribution in [3.63, 3.8) is 0 Å². The topological polar surface area (TPSA) is 43.2 Å². The van der Waals surface area contributed by atoms with E-state index in [0.29, 0.717) is 11.1 Å². The maximum absolute atomic E-state index is 6.49. The molecule has 160 valence electrons. The Hall–Kier alpha value is -2.63. The smallest absolute Gasteiger partial charge is 0.126 e. The Morgan fingerprint density at radius 3 is 2.84 bits per heavy atom. The Kier molecular flexibility index (Phi) is 5.32. The van der Waals surface area contributed by atoms with Crippen LogP contribution in [-0.2, 0) is 6.54 Å². The fraction of sp³-hybridized carbons (Fsp3) is 0.360. The van der Waals surface area contributed by atoms with E-state index in [1.807, 2.05) is 35.9 Å². The summed E-state index contributed by atoms with van der Waals surface area (Å²) < 4.78 is 8.50. The molecule has 2 atom stereocenters. The van der Waals surface area contributed by atoms with Gasteiger partial charge in [-0.25, -0.2) is 4.68 Å². The Balaban J connectivity index is 1.59. The molecule has 3 heterocycles. The molecule has 0 spiro atoms. The van der Waals surface area contributed by atoms with Gasteiger partial charge in [-0.3, -0.25) is 4.90 Å². The molecule has 0 bridgehead atoms. The van der Waals surface area contributed by atoms with Crippen molar-refractivity contribution in [1.29, 1.82) is 0 Å². The quantitative estimate of drug-likeness (QED) is 0.543. The van der Waals surface area contributed by atoms with Gasteiger partial charge in [-0.1, -0.05) is 41.1 Å². The molecule has 1 unspecified atom stereocenters. The largest absolute Gasteiger partial charge is 0.486 e. The van der Waals surface area contributed by atoms with Crippen LogP contribution in [-0.4, -0.2) is 39.5 Å². The van der Waals surface area contributed by atoms with E-state index in [1.54, 1.807) is 0 Å². The number of ether oxygens (including phenoxy) is 1. The van der Waals surface area contributed by atoms with Crippen molar-refractivity contribution in [1.82, 2.24) is 19.9 Å². The highest BCUT2D eigenvalue weighted by Gasteiger charge is 2.28. The second-order valence-corrected chi connectivity index (χ2v) is 9.06. The van der Waals surface area contributed by atoms with Crippen molar-refractivity contribution in [2.45, 2.75) is 45.4 Å². The number of rotatable bonds is 3. The number of aryl methyl sites for hydroxylation is 2. The van der Waals surface area contributed by atoms with Gasteiger partial charge in [0.05, 0.1) is 11.4 Å². The average molecular weight is 435 g/mol. The summed E-state index contributed by atoms with van der Waals surface area (Å²) in [5.41, 5.74) is 7.06. The summed E-state index contributed by atoms with van der Waals surface area (Å²) in [7, 11) is 2.18. The lowest BCUT2D eigenvalue weighted by Crippen LogP contribution is -2.32. The van der Waals surface area contributed by atoms with E-state index in [2.05, 4.69) is 53.5 Å². The summed E-state index contributed by atoms with van der Waals surface area (Å²) in [4.78, 5) is 2.38. The molecular weight excluding hydrogens is 408 g/mol. The number of hydrogen-bond acceptors (Lipinski definition) is 4. The molecule has 5 rings (SSSR count). The Morgan fingerprint density at radius 1 is 1.16 bits per heavy atom. The second kappa shape index (κ2) is 8.13. The molecule has 0 aliphatic carbocycles. The molecule has 2 aliphatic heterocycles. The molecule has 0 N–H and O–H groups in total. The van der Waals surface area contributed by atoms with Crippen molar-refractivity contribution >= 4 is 17.2 Å². The summed E-state index contributed by atoms with van der Waals surface area (Å²) in [5, 5.41) is 9.38. The third-order valence-electron chi connectivity index (χ3n) is 6.50. The first-order chi connectivity index (χ1) is 15.0. The summed E-state index contributed by atoms with van der Waals surface area (Å²) in [6, 6.07) is 14.9. The van der Waals surface area contributed by atoms with Crippen LogP contribution in [0.4, 0.5) is 0 Å². The molecular formula is C25H27ClN4O. The number of likely N-dealkylation sites (N-methyl/N-ethyl adjacent to an activating group) is 1. The Labute approximate surface area is 188 Å². The van der Waals surface area contributed by atoms with E-state index in [0.717, 1.165) is 48.6 Å². The van der Waals surface area contributed by atoms with Crippen LogP contribution in [0.15, 0.2) is 48.5 Å². The first kappa shape index (κ1) is 20.3. The molecule has 2 aliphatic rings. The molecule has 0 radical (unpaired) electrons. The average Bonchev–Trinajstić information content (AvgIpc) is 3.05. The minimum absolute atomic E-state index is 0.0844. The summed E-state index contributed by atoms with van der Waals surface area (Å²) in [5.74, 6) is 0.787. The maximum Gasteiger partial charge on any atom is 0.126 e. The van der Waals surface area contributed by atoms with Crippen LogP contribution in [0.2, 0.25) is 5.02 Å². The Bertz CT molecular complexity index is 1150. The van der Waals surface area contributed by atoms with Gasteiger partial charge >= 0.3 is 0 Å². The number of nitrogens with zero attached hydrogens (tertiary/aromatic N) is 4. The SMILES string of the molecule is Cc1nnn2c1-c1ccc(C3=CCN(C)[C@@H](C)C3)cc1C(Oc1cccc(Cl)c1)CC2. The van der Waals surface area contributed by atoms with Crippen molar-refractivity contribution < 1.29 is 4.74 Å². The second-order valence-electron chi connectivity index (χ2n) is 8.62. The fourth-order valence-corrected chi connectivity index (χ4v) is 4.76. The zero-order valence-corrected chi connectivity index (χ0v) is 18.9. The zero-order chi connectivity index (χ0) is 21.5. The van der Waals surface area contributed by atoms with Crippen molar-refractivity contribution in [3.05, 3.63) is 70.4 Å². The first-order valence-electron chi connectivity index (χ1n) is 10.9. The Morgan fingerprint density at radius 2 is 2.03 bits per heavy atom. The predicted molar refractivity (Wildman–Crippen MR) is 124 cm³/mol. The van der Waals surface area contributed by atoms with Crippen molar-refractivity contribution in [2.24, 2.45) is 0 Å². The van der Waals surface area contributed by atoms with Crippen LogP contribution in [0.5, 0.6) is 5.75 Å². The molecule has 5 nitrogen and oxygen atoms in total. The van der Waals surface area contributed by atoms with Crippen molar-refractivity contribution in [3.8, 4) is 17.0 Å². The summed E-state index contributed by atoms with van der Waals surface area (Å²) >= 11 is 6.21. The molecule has 0 amide bonds. The molecule has 3 aromatic rings. The van der Waals surface area contributed by atoms with E-state index in [1.165, 1.54) is 16.7 Å². The lowest BCUT2D eigenvalue weighted by atomic mass is 9.90. The molecule has 31 heavy (non-hydrogen) atoms. The van der Waals surface area contributed by atoms with Gasteiger partial charge < -0.3 is 4.74 Å². The number of fused-ring (bicyclic) bond motifs is 3. The maximum atomic E-state index is 6.49. The van der Waals surface area contributed by atoms with Gasteiger partial charge in [0, 0.05) is 41.7 Å². The van der Waals surface area contributed by atoms with Gasteiger partial charge in [-0.05, 0) is 62.7 Å². The predicted octanol–water partition coefficient (Wildman–Crippen LogP) is 5.54. The summed E-state index contributed by atoms with van der Waals surface area (Å²) in [6.07, 6.45) is 4.13. The molecule has 6 heteroatoms. The van der Waals surface area contributed by atoms with E-state index in [-0.39, 0.29) is 6.10 Å². The molecule has 2 aromatic carbocycles. The minimum Gasteiger partial charge on any atom is -0.486 e. The highest BCUT2D eigenvalue weighted by atomic mass is 35.5. The van der Waals surface area contributed by atoms with E-state index in [4.69, 9.17) is 16.3 Å². The van der Waals surface area contributed by atoms with Crippen LogP contribution in [0, 0.1) is 6.92 Å².